The molecule has 3 heterocycles. The van der Waals surface area contributed by atoms with Gasteiger partial charge in [0.25, 0.3) is 0 Å². The zero-order valence-electron chi connectivity index (χ0n) is 23.3. The topological polar surface area (TPSA) is 130 Å². The first-order valence-corrected chi connectivity index (χ1v) is 16.1. The van der Waals surface area contributed by atoms with Gasteiger partial charge in [-0.25, -0.2) is 9.78 Å². The van der Waals surface area contributed by atoms with Crippen LogP contribution in [0.5, 0.6) is 0 Å². The van der Waals surface area contributed by atoms with Gasteiger partial charge < -0.3 is 10.8 Å². The van der Waals surface area contributed by atoms with Crippen molar-refractivity contribution >= 4 is 40.1 Å². The van der Waals surface area contributed by atoms with Gasteiger partial charge in [0, 0.05) is 17.3 Å². The second kappa shape index (κ2) is 16.9. The van der Waals surface area contributed by atoms with Crippen molar-refractivity contribution in [2.45, 2.75) is 108 Å². The molecule has 2 unspecified atom stereocenters. The lowest BCUT2D eigenvalue weighted by atomic mass is 9.98. The van der Waals surface area contributed by atoms with Gasteiger partial charge in [0.05, 0.1) is 18.8 Å². The molecule has 39 heavy (non-hydrogen) atoms. The highest BCUT2D eigenvalue weighted by molar-refractivity contribution is 8.00. The summed E-state index contributed by atoms with van der Waals surface area (Å²) in [6, 6.07) is -0.475. The number of carboxylic acids is 1. The molecule has 0 aliphatic carbocycles. The van der Waals surface area contributed by atoms with Gasteiger partial charge >= 0.3 is 5.97 Å². The van der Waals surface area contributed by atoms with E-state index in [0.717, 1.165) is 37.0 Å². The number of carbonyl (C=O) groups is 2. The molecule has 1 saturated heterocycles. The second-order valence-electron chi connectivity index (χ2n) is 10.3. The zero-order valence-corrected chi connectivity index (χ0v) is 25.0. The summed E-state index contributed by atoms with van der Waals surface area (Å²) in [5.41, 5.74) is 10.4. The molecule has 0 bridgehead atoms. The summed E-state index contributed by atoms with van der Waals surface area (Å²) < 4.78 is 0. The van der Waals surface area contributed by atoms with Gasteiger partial charge in [-0.3, -0.25) is 25.3 Å². The number of aliphatic carboxylic acids is 1. The van der Waals surface area contributed by atoms with Crippen LogP contribution < -0.4 is 16.5 Å². The Hall–Kier alpha value is -2.08. The minimum atomic E-state index is -1.03. The molecule has 3 rings (SSSR count). The molecule has 0 saturated carbocycles. The molecule has 0 aromatic carbocycles. The molecule has 2 aliphatic heterocycles. The Morgan fingerprint density at radius 3 is 2.41 bits per heavy atom. The molecule has 218 valence electrons. The van der Waals surface area contributed by atoms with Crippen molar-refractivity contribution in [2.75, 3.05) is 18.6 Å². The Balaban J connectivity index is 1.31. The number of hydroxylamine groups is 1. The van der Waals surface area contributed by atoms with Gasteiger partial charge in [0.1, 0.15) is 17.1 Å². The number of anilines is 1. The van der Waals surface area contributed by atoms with Crippen LogP contribution in [0.1, 0.15) is 102 Å². The van der Waals surface area contributed by atoms with Crippen LogP contribution in [0.15, 0.2) is 28.9 Å². The predicted octanol–water partition coefficient (Wildman–Crippen LogP) is 5.73. The monoisotopic (exact) mass is 579 g/mol. The van der Waals surface area contributed by atoms with Crippen molar-refractivity contribution in [3.05, 3.63) is 34.6 Å². The third kappa shape index (κ3) is 9.51. The number of nitrogens with one attached hydrogen (secondary N) is 2. The Bertz CT molecular complexity index is 983. The van der Waals surface area contributed by atoms with E-state index in [1.165, 1.54) is 74.0 Å². The fourth-order valence-electron chi connectivity index (χ4n) is 5.19. The number of amides is 1. The molecular formula is C28H45N5O4S2. The average molecular weight is 580 g/mol. The number of hydrogen-bond acceptors (Lipinski definition) is 9. The molecule has 11 heteroatoms. The van der Waals surface area contributed by atoms with Crippen LogP contribution in [0.25, 0.3) is 0 Å². The smallest absolute Gasteiger partial charge is 0.352 e. The maximum Gasteiger partial charge on any atom is 0.352 e. The normalized spacial score (nSPS) is 19.8. The minimum absolute atomic E-state index is 0.0673. The summed E-state index contributed by atoms with van der Waals surface area (Å²) in [6.07, 6.45) is 19.7. The van der Waals surface area contributed by atoms with Gasteiger partial charge in [0.2, 0.25) is 5.91 Å². The zero-order chi connectivity index (χ0) is 28.0. The van der Waals surface area contributed by atoms with Crippen LogP contribution in [0.2, 0.25) is 0 Å². The summed E-state index contributed by atoms with van der Waals surface area (Å²) in [6.45, 7) is 1.78. The van der Waals surface area contributed by atoms with Gasteiger partial charge in [-0.05, 0) is 31.8 Å². The lowest BCUT2D eigenvalue weighted by Crippen LogP contribution is -2.70. The van der Waals surface area contributed by atoms with Crippen LogP contribution in [0, 0.1) is 0 Å². The highest BCUT2D eigenvalue weighted by Crippen LogP contribution is 2.41. The molecule has 3 atom stereocenters. The van der Waals surface area contributed by atoms with Gasteiger partial charge in [-0.2, -0.15) is 0 Å². The van der Waals surface area contributed by atoms with E-state index in [-0.39, 0.29) is 23.0 Å². The first-order chi connectivity index (χ1) is 18.9. The number of hydrogen-bond donors (Lipinski definition) is 4. The molecular weight excluding hydrogens is 534 g/mol. The van der Waals surface area contributed by atoms with E-state index < -0.39 is 12.0 Å². The van der Waals surface area contributed by atoms with Gasteiger partial charge in [-0.15, -0.1) is 23.1 Å². The van der Waals surface area contributed by atoms with E-state index in [2.05, 4.69) is 21.9 Å². The number of thiazole rings is 1. The van der Waals surface area contributed by atoms with Gasteiger partial charge in [0.15, 0.2) is 5.13 Å². The molecule has 0 radical (unpaired) electrons. The number of rotatable bonds is 20. The van der Waals surface area contributed by atoms with E-state index in [1.54, 1.807) is 25.8 Å². The lowest BCUT2D eigenvalue weighted by Gasteiger charge is -2.50. The maximum absolute atomic E-state index is 13.0. The number of nitrogens with two attached hydrogens (primary N) is 1. The number of fused-ring (bicyclic) bond motifs is 1. The van der Waals surface area contributed by atoms with Crippen molar-refractivity contribution in [3.8, 4) is 0 Å². The summed E-state index contributed by atoms with van der Waals surface area (Å²) in [5.74, 6) is -0.588. The molecule has 1 fully saturated rings. The summed E-state index contributed by atoms with van der Waals surface area (Å²) in [4.78, 5) is 35.4. The molecule has 1 aromatic rings. The average Bonchev–Trinajstić information content (AvgIpc) is 3.35. The summed E-state index contributed by atoms with van der Waals surface area (Å²) in [7, 11) is 1.61. The highest BCUT2D eigenvalue weighted by Gasteiger charge is 2.53. The third-order valence-corrected chi connectivity index (χ3v) is 9.42. The minimum Gasteiger partial charge on any atom is -0.477 e. The van der Waals surface area contributed by atoms with Crippen LogP contribution in [0.3, 0.4) is 0 Å². The van der Waals surface area contributed by atoms with E-state index >= 15 is 0 Å². The van der Waals surface area contributed by atoms with E-state index in [1.807, 2.05) is 11.6 Å². The molecule has 9 nitrogen and oxygen atoms in total. The van der Waals surface area contributed by atoms with E-state index in [4.69, 9.17) is 10.6 Å². The van der Waals surface area contributed by atoms with Crippen LogP contribution in [0.4, 0.5) is 5.13 Å². The SMILES string of the molecule is CONC=CCCCCCCCCCCCCCC(NC1C(=O)N2C(C(=O)O)=C(C)CS[C@@H]12)c1csc(N)n1. The number of β-lactam (4-membered cyclic amide) rings is 1. The molecule has 5 N–H and O–H groups in total. The number of unbranched alkanes of at least 4 members (excludes halogenated alkanes) is 11. The van der Waals surface area contributed by atoms with Crippen LogP contribution in [-0.4, -0.2) is 51.1 Å². The largest absolute Gasteiger partial charge is 0.477 e. The first-order valence-electron chi connectivity index (χ1n) is 14.2. The van der Waals surface area contributed by atoms with E-state index in [9.17, 15) is 14.7 Å². The summed E-state index contributed by atoms with van der Waals surface area (Å²) in [5, 5.41) is 15.4. The van der Waals surface area contributed by atoms with Crippen molar-refractivity contribution in [2.24, 2.45) is 0 Å². The van der Waals surface area contributed by atoms with Crippen molar-refractivity contribution in [1.82, 2.24) is 20.7 Å². The highest BCUT2D eigenvalue weighted by atomic mass is 32.2. The number of allylic oxidation sites excluding steroid dienone is 1. The first kappa shape index (κ1) is 31.4. The molecule has 0 spiro atoms. The number of carbonyl (C=O) groups excluding carboxylic acids is 1. The predicted molar refractivity (Wildman–Crippen MR) is 159 cm³/mol. The Labute approximate surface area is 241 Å². The Kier molecular flexibility index (Phi) is 13.6. The fraction of sp³-hybridized carbons (Fsp3) is 0.679. The molecule has 1 amide bonds. The maximum atomic E-state index is 13.0. The summed E-state index contributed by atoms with van der Waals surface area (Å²) >= 11 is 3.03. The Morgan fingerprint density at radius 2 is 1.82 bits per heavy atom. The second-order valence-corrected chi connectivity index (χ2v) is 12.3. The van der Waals surface area contributed by atoms with E-state index in [0.29, 0.717) is 10.9 Å². The van der Waals surface area contributed by atoms with Crippen molar-refractivity contribution in [1.29, 1.82) is 0 Å². The number of aromatic nitrogens is 1. The quantitative estimate of drug-likeness (QED) is 0.0868. The van der Waals surface area contributed by atoms with Crippen molar-refractivity contribution < 1.29 is 19.5 Å². The Morgan fingerprint density at radius 1 is 1.18 bits per heavy atom. The number of nitrogen functional groups attached to an aromatic ring is 1. The fourth-order valence-corrected chi connectivity index (χ4v) is 7.11. The molecule has 2 aliphatic rings. The van der Waals surface area contributed by atoms with Gasteiger partial charge in [-0.1, -0.05) is 70.3 Å². The van der Waals surface area contributed by atoms with Crippen molar-refractivity contribution in [3.63, 3.8) is 0 Å². The van der Waals surface area contributed by atoms with Crippen LogP contribution in [-0.2, 0) is 14.4 Å². The number of carboxylic acid groups (broad SMARTS) is 1. The third-order valence-electron chi connectivity index (χ3n) is 7.31. The van der Waals surface area contributed by atoms with Crippen LogP contribution >= 0.6 is 23.1 Å². The molecule has 1 aromatic heterocycles. The standard InChI is InChI=1S/C28H45N5O4S2/c1-20-18-38-26-23(25(34)33(26)24(20)27(35)36)31-21(22-19-39-28(29)32-22)16-14-12-10-8-6-4-3-5-7-9-11-13-15-17-30-37-2/h15,17,19,21,23,26,30-31H,3-14,16,18H2,1-2H3,(H2,29,32)(H,35,36)/t21?,23?,26-/m0/s1. The lowest BCUT2D eigenvalue weighted by molar-refractivity contribution is -0.149. The number of nitrogens with zero attached hydrogens (tertiary/aromatic N) is 2. The number of thioether (sulfide) groups is 1.